The van der Waals surface area contributed by atoms with Gasteiger partial charge < -0.3 is 0 Å². The van der Waals surface area contributed by atoms with Crippen LogP contribution >= 0.6 is 0 Å². The van der Waals surface area contributed by atoms with Crippen LogP contribution < -0.4 is 10.7 Å². The van der Waals surface area contributed by atoms with Crippen LogP contribution in [-0.2, 0) is 0 Å². The molecule has 0 atom stereocenters. The smallest absolute Gasteiger partial charge is 0.258 e. The minimum atomic E-state index is -0.965. The lowest BCUT2D eigenvalue weighted by molar-refractivity contribution is -0.393. The first-order valence-electron chi connectivity index (χ1n) is 4.15. The SMILES string of the molecule is O=NNN(N=O)c1ccc([N+](=O)[O-])cc1[N+](=O)[O-]. The molecule has 0 aliphatic rings. The van der Waals surface area contributed by atoms with Gasteiger partial charge in [0.2, 0.25) is 0 Å². The molecule has 0 aromatic heterocycles. The zero-order chi connectivity index (χ0) is 13.7. The van der Waals surface area contributed by atoms with E-state index in [0.717, 1.165) is 12.1 Å². The lowest BCUT2D eigenvalue weighted by Gasteiger charge is -2.10. The molecule has 0 aliphatic heterocycles. The molecule has 0 radical (unpaired) electrons. The highest BCUT2D eigenvalue weighted by Gasteiger charge is 2.24. The maximum Gasteiger partial charge on any atom is 0.303 e. The number of anilines is 1. The second-order valence-corrected chi connectivity index (χ2v) is 2.77. The van der Waals surface area contributed by atoms with Crippen LogP contribution in [0.3, 0.4) is 0 Å². The summed E-state index contributed by atoms with van der Waals surface area (Å²) < 4.78 is 0. The molecule has 0 amide bonds. The summed E-state index contributed by atoms with van der Waals surface area (Å²) >= 11 is 0. The Balaban J connectivity index is 3.34. The highest BCUT2D eigenvalue weighted by Crippen LogP contribution is 2.31. The molecule has 18 heavy (non-hydrogen) atoms. The lowest BCUT2D eigenvalue weighted by atomic mass is 10.2. The van der Waals surface area contributed by atoms with Crippen LogP contribution in [-0.4, -0.2) is 9.85 Å². The first-order valence-corrected chi connectivity index (χ1v) is 4.15. The number of hydrogen-bond donors (Lipinski definition) is 1. The van der Waals surface area contributed by atoms with Gasteiger partial charge in [0.1, 0.15) is 0 Å². The largest absolute Gasteiger partial charge is 0.303 e. The van der Waals surface area contributed by atoms with Crippen molar-refractivity contribution in [3.05, 3.63) is 48.2 Å². The van der Waals surface area contributed by atoms with Gasteiger partial charge in [-0.1, -0.05) is 0 Å². The van der Waals surface area contributed by atoms with E-state index in [2.05, 4.69) is 10.6 Å². The van der Waals surface area contributed by atoms with Crippen LogP contribution in [0.25, 0.3) is 0 Å². The maximum atomic E-state index is 10.7. The van der Waals surface area contributed by atoms with Crippen LogP contribution in [0.5, 0.6) is 0 Å². The Morgan fingerprint density at radius 3 is 2.28 bits per heavy atom. The molecule has 1 aromatic rings. The number of nitrogens with one attached hydrogen (secondary N) is 1. The second kappa shape index (κ2) is 5.24. The average molecular weight is 256 g/mol. The minimum Gasteiger partial charge on any atom is -0.258 e. The maximum absolute atomic E-state index is 10.7. The van der Waals surface area contributed by atoms with E-state index in [9.17, 15) is 30.0 Å². The molecule has 0 bridgehead atoms. The van der Waals surface area contributed by atoms with Gasteiger partial charge in [0.25, 0.3) is 5.69 Å². The first-order chi connectivity index (χ1) is 8.51. The molecule has 0 spiro atoms. The van der Waals surface area contributed by atoms with Gasteiger partial charge in [0.05, 0.1) is 26.5 Å². The van der Waals surface area contributed by atoms with Gasteiger partial charge >= 0.3 is 5.69 Å². The predicted molar refractivity (Wildman–Crippen MR) is 57.0 cm³/mol. The third-order valence-electron chi connectivity index (χ3n) is 1.81. The van der Waals surface area contributed by atoms with Crippen molar-refractivity contribution in [2.45, 2.75) is 0 Å². The molecule has 0 heterocycles. The van der Waals surface area contributed by atoms with Crippen molar-refractivity contribution >= 4 is 17.1 Å². The van der Waals surface area contributed by atoms with Crippen LogP contribution in [0, 0.1) is 30.0 Å². The van der Waals surface area contributed by atoms with Crippen molar-refractivity contribution in [1.82, 2.24) is 5.53 Å². The van der Waals surface area contributed by atoms with Gasteiger partial charge in [-0.2, -0.15) is 5.53 Å². The summed E-state index contributed by atoms with van der Waals surface area (Å²) in [5.74, 6) is 0. The topological polar surface area (TPSA) is 160 Å². The third-order valence-corrected chi connectivity index (χ3v) is 1.81. The van der Waals surface area contributed by atoms with Crippen molar-refractivity contribution in [3.63, 3.8) is 0 Å². The molecule has 0 unspecified atom stereocenters. The monoisotopic (exact) mass is 256 g/mol. The van der Waals surface area contributed by atoms with E-state index in [1.807, 2.05) is 0 Å². The standard InChI is InChI=1S/C6H4N6O6/c13-8-7-10(9-14)5-2-1-4(11(15)16)3-6(5)12(17)18/h1-3H,(H,7,13). The number of hydrazine groups is 1. The zero-order valence-corrected chi connectivity index (χ0v) is 8.42. The molecule has 12 heteroatoms. The summed E-state index contributed by atoms with van der Waals surface area (Å²) in [6.07, 6.45) is 0. The number of nitrogens with zero attached hydrogens (tertiary/aromatic N) is 5. The Kier molecular flexibility index (Phi) is 3.75. The minimum absolute atomic E-state index is 0.175. The van der Waals surface area contributed by atoms with Crippen molar-refractivity contribution in [2.24, 2.45) is 10.6 Å². The van der Waals surface area contributed by atoms with Crippen molar-refractivity contribution in [3.8, 4) is 0 Å². The summed E-state index contributed by atoms with van der Waals surface area (Å²) in [4.78, 5) is 39.6. The highest BCUT2D eigenvalue weighted by atomic mass is 16.6. The molecular weight excluding hydrogens is 252 g/mol. The van der Waals surface area contributed by atoms with Gasteiger partial charge in [-0.3, -0.25) is 20.2 Å². The van der Waals surface area contributed by atoms with E-state index in [0.29, 0.717) is 6.07 Å². The second-order valence-electron chi connectivity index (χ2n) is 2.77. The first kappa shape index (κ1) is 12.9. The van der Waals surface area contributed by atoms with Gasteiger partial charge in [-0.15, -0.1) is 14.9 Å². The number of rotatable bonds is 6. The van der Waals surface area contributed by atoms with Gasteiger partial charge in [0.15, 0.2) is 5.69 Å². The molecular formula is C6H4N6O6. The third kappa shape index (κ3) is 2.49. The van der Waals surface area contributed by atoms with E-state index < -0.39 is 26.9 Å². The molecule has 0 fully saturated rings. The zero-order valence-electron chi connectivity index (χ0n) is 8.42. The number of benzene rings is 1. The van der Waals surface area contributed by atoms with Gasteiger partial charge in [0, 0.05) is 6.07 Å². The summed E-state index contributed by atoms with van der Waals surface area (Å²) in [5, 5.41) is 25.7. The summed E-state index contributed by atoms with van der Waals surface area (Å²) in [6.45, 7) is 0. The fraction of sp³-hybridized carbons (Fsp3) is 0. The molecule has 0 saturated heterocycles. The highest BCUT2D eigenvalue weighted by molar-refractivity contribution is 5.65. The molecule has 0 saturated carbocycles. The Morgan fingerprint density at radius 2 is 1.83 bits per heavy atom. The predicted octanol–water partition coefficient (Wildman–Crippen LogP) is 1.18. The summed E-state index contributed by atoms with van der Waals surface area (Å²) in [6, 6.07) is 2.42. The quantitative estimate of drug-likeness (QED) is 0.450. The lowest BCUT2D eigenvalue weighted by Crippen LogP contribution is -2.28. The van der Waals surface area contributed by atoms with Crippen LogP contribution in [0.1, 0.15) is 0 Å². The van der Waals surface area contributed by atoms with E-state index in [1.165, 1.54) is 0 Å². The Morgan fingerprint density at radius 1 is 1.17 bits per heavy atom. The van der Waals surface area contributed by atoms with Crippen molar-refractivity contribution in [1.29, 1.82) is 0 Å². The molecule has 1 N–H and O–H groups in total. The summed E-state index contributed by atoms with van der Waals surface area (Å²) in [5.41, 5.74) is -0.240. The molecule has 94 valence electrons. The van der Waals surface area contributed by atoms with E-state index in [1.54, 1.807) is 5.53 Å². The van der Waals surface area contributed by atoms with E-state index in [4.69, 9.17) is 0 Å². The molecule has 1 aromatic carbocycles. The van der Waals surface area contributed by atoms with Crippen molar-refractivity contribution < 1.29 is 9.85 Å². The number of non-ortho nitro benzene ring substituents is 1. The Hall–Kier alpha value is -3.18. The Bertz CT molecular complexity index is 517. The number of nitro groups is 2. The number of hydrogen-bond acceptors (Lipinski definition) is 8. The summed E-state index contributed by atoms with van der Waals surface area (Å²) in [7, 11) is 0. The van der Waals surface area contributed by atoms with Crippen molar-refractivity contribution in [2.75, 3.05) is 5.12 Å². The average Bonchev–Trinajstić information content (AvgIpc) is 2.35. The Labute approximate surface area is 97.3 Å². The van der Waals surface area contributed by atoms with Gasteiger partial charge in [-0.25, -0.2) is 0 Å². The van der Waals surface area contributed by atoms with Crippen LogP contribution in [0.4, 0.5) is 17.1 Å². The number of nitroso groups, excluding NO2 is 2. The van der Waals surface area contributed by atoms with E-state index in [-0.39, 0.29) is 5.12 Å². The number of nitro benzene ring substituents is 2. The molecule has 12 nitrogen and oxygen atoms in total. The van der Waals surface area contributed by atoms with Gasteiger partial charge in [-0.05, 0) is 6.07 Å². The van der Waals surface area contributed by atoms with E-state index >= 15 is 0 Å². The van der Waals surface area contributed by atoms with Crippen LogP contribution in [0.15, 0.2) is 28.8 Å². The fourth-order valence-corrected chi connectivity index (χ4v) is 1.11. The van der Waals surface area contributed by atoms with Crippen LogP contribution in [0.2, 0.25) is 0 Å². The molecule has 0 aliphatic carbocycles. The molecule has 1 rings (SSSR count). The normalized spacial score (nSPS) is 9.33. The fourth-order valence-electron chi connectivity index (χ4n) is 1.11.